The molecule has 1 saturated heterocycles. The second-order valence-corrected chi connectivity index (χ2v) is 6.44. The smallest absolute Gasteiger partial charge is 0.242 e. The lowest BCUT2D eigenvalue weighted by molar-refractivity contribution is -0.143. The number of rotatable bonds is 4. The molecule has 0 unspecified atom stereocenters. The quantitative estimate of drug-likeness (QED) is 0.851. The Bertz CT molecular complexity index is 379. The number of nitrogens with zero attached hydrogens (tertiary/aromatic N) is 2. The van der Waals surface area contributed by atoms with Crippen LogP contribution in [0.15, 0.2) is 0 Å². The van der Waals surface area contributed by atoms with Gasteiger partial charge in [0.25, 0.3) is 0 Å². The van der Waals surface area contributed by atoms with E-state index >= 15 is 0 Å². The fraction of sp³-hybridized carbons (Fsp3) is 0.875. The summed E-state index contributed by atoms with van der Waals surface area (Å²) in [5.41, 5.74) is 5.62. The first-order valence-electron chi connectivity index (χ1n) is 8.39. The highest BCUT2D eigenvalue weighted by Crippen LogP contribution is 2.30. The second-order valence-electron chi connectivity index (χ2n) is 6.44. The van der Waals surface area contributed by atoms with Crippen molar-refractivity contribution in [2.45, 2.75) is 57.9 Å². The van der Waals surface area contributed by atoms with Crippen LogP contribution in [0, 0.1) is 5.92 Å². The van der Waals surface area contributed by atoms with Crippen molar-refractivity contribution in [2.24, 2.45) is 11.7 Å². The SMILES string of the molecule is CCN(CC)C(=O)C1CCN(C(=O)C2(N)CCCC2)CC1. The molecule has 1 aliphatic heterocycles. The van der Waals surface area contributed by atoms with Crippen LogP contribution < -0.4 is 5.73 Å². The van der Waals surface area contributed by atoms with Crippen LogP contribution in [0.3, 0.4) is 0 Å². The Balaban J connectivity index is 1.88. The van der Waals surface area contributed by atoms with Crippen LogP contribution in [-0.4, -0.2) is 53.3 Å². The van der Waals surface area contributed by atoms with Gasteiger partial charge in [0.1, 0.15) is 0 Å². The number of hydrogen-bond acceptors (Lipinski definition) is 3. The maximum absolute atomic E-state index is 12.6. The van der Waals surface area contributed by atoms with Gasteiger partial charge in [0.2, 0.25) is 11.8 Å². The molecular weight excluding hydrogens is 266 g/mol. The molecule has 120 valence electrons. The molecule has 0 radical (unpaired) electrons. The molecule has 2 fully saturated rings. The summed E-state index contributed by atoms with van der Waals surface area (Å²) in [7, 11) is 0. The minimum absolute atomic E-state index is 0.0752. The predicted octanol–water partition coefficient (Wildman–Crippen LogP) is 1.36. The standard InChI is InChI=1S/C16H29N3O2/c1-3-18(4-2)14(20)13-7-11-19(12-8-13)15(21)16(17)9-5-6-10-16/h13H,3-12,17H2,1-2H3. The Kier molecular flexibility index (Phi) is 5.25. The van der Waals surface area contributed by atoms with Crippen molar-refractivity contribution >= 4 is 11.8 Å². The van der Waals surface area contributed by atoms with Crippen LogP contribution in [0.1, 0.15) is 52.4 Å². The topological polar surface area (TPSA) is 66.6 Å². The lowest BCUT2D eigenvalue weighted by Gasteiger charge is -2.37. The van der Waals surface area contributed by atoms with Gasteiger partial charge in [0.15, 0.2) is 0 Å². The zero-order valence-corrected chi connectivity index (χ0v) is 13.4. The van der Waals surface area contributed by atoms with E-state index in [-0.39, 0.29) is 17.7 Å². The summed E-state index contributed by atoms with van der Waals surface area (Å²) in [6.07, 6.45) is 5.28. The van der Waals surface area contributed by atoms with E-state index < -0.39 is 5.54 Å². The second kappa shape index (κ2) is 6.77. The average molecular weight is 295 g/mol. The molecule has 0 atom stereocenters. The van der Waals surface area contributed by atoms with Crippen LogP contribution in [0.2, 0.25) is 0 Å². The average Bonchev–Trinajstić information content (AvgIpc) is 2.96. The lowest BCUT2D eigenvalue weighted by atomic mass is 9.91. The van der Waals surface area contributed by atoms with Crippen LogP contribution in [-0.2, 0) is 9.59 Å². The summed E-state index contributed by atoms with van der Waals surface area (Å²) in [5.74, 6) is 0.426. The Labute approximate surface area is 127 Å². The van der Waals surface area contributed by atoms with E-state index in [0.29, 0.717) is 13.1 Å². The molecule has 0 spiro atoms. The van der Waals surface area contributed by atoms with Crippen molar-refractivity contribution in [3.63, 3.8) is 0 Å². The summed E-state index contributed by atoms with van der Waals surface area (Å²) >= 11 is 0. The zero-order valence-electron chi connectivity index (χ0n) is 13.4. The van der Waals surface area contributed by atoms with Gasteiger partial charge >= 0.3 is 0 Å². The number of carbonyl (C=O) groups excluding carboxylic acids is 2. The summed E-state index contributed by atoms with van der Waals surface area (Å²) in [4.78, 5) is 28.7. The molecule has 1 heterocycles. The summed E-state index contributed by atoms with van der Waals surface area (Å²) in [6.45, 7) is 6.91. The normalized spacial score (nSPS) is 22.3. The van der Waals surface area contributed by atoms with Crippen molar-refractivity contribution < 1.29 is 9.59 Å². The lowest BCUT2D eigenvalue weighted by Crippen LogP contribution is -2.56. The van der Waals surface area contributed by atoms with E-state index in [2.05, 4.69) is 0 Å². The maximum Gasteiger partial charge on any atom is 0.242 e. The molecule has 0 bridgehead atoms. The van der Waals surface area contributed by atoms with E-state index in [1.165, 1.54) is 0 Å². The molecular formula is C16H29N3O2. The molecule has 2 N–H and O–H groups in total. The molecule has 1 saturated carbocycles. The number of likely N-dealkylation sites (tertiary alicyclic amines) is 1. The van der Waals surface area contributed by atoms with Gasteiger partial charge in [-0.05, 0) is 39.5 Å². The van der Waals surface area contributed by atoms with Crippen LogP contribution >= 0.6 is 0 Å². The summed E-state index contributed by atoms with van der Waals surface area (Å²) in [5, 5.41) is 0. The molecule has 2 rings (SSSR count). The maximum atomic E-state index is 12.6. The highest BCUT2D eigenvalue weighted by molar-refractivity contribution is 5.87. The van der Waals surface area contributed by atoms with E-state index in [0.717, 1.165) is 51.6 Å². The number of carbonyl (C=O) groups is 2. The molecule has 2 amide bonds. The van der Waals surface area contributed by atoms with Crippen molar-refractivity contribution in [1.29, 1.82) is 0 Å². The predicted molar refractivity (Wildman–Crippen MR) is 82.6 cm³/mol. The van der Waals surface area contributed by atoms with Gasteiger partial charge in [0, 0.05) is 32.1 Å². The molecule has 2 aliphatic rings. The zero-order chi connectivity index (χ0) is 15.5. The van der Waals surface area contributed by atoms with E-state index in [4.69, 9.17) is 5.73 Å². The summed E-state index contributed by atoms with van der Waals surface area (Å²) in [6, 6.07) is 0. The van der Waals surface area contributed by atoms with E-state index in [9.17, 15) is 9.59 Å². The van der Waals surface area contributed by atoms with Crippen molar-refractivity contribution in [2.75, 3.05) is 26.2 Å². The largest absolute Gasteiger partial charge is 0.343 e. The molecule has 1 aliphatic carbocycles. The monoisotopic (exact) mass is 295 g/mol. The molecule has 21 heavy (non-hydrogen) atoms. The first-order valence-corrected chi connectivity index (χ1v) is 8.39. The molecule has 0 aromatic rings. The molecule has 5 heteroatoms. The van der Waals surface area contributed by atoms with Gasteiger partial charge in [-0.2, -0.15) is 0 Å². The van der Waals surface area contributed by atoms with Gasteiger partial charge in [-0.3, -0.25) is 9.59 Å². The molecule has 5 nitrogen and oxygen atoms in total. The van der Waals surface area contributed by atoms with Gasteiger partial charge in [-0.15, -0.1) is 0 Å². The van der Waals surface area contributed by atoms with Crippen LogP contribution in [0.5, 0.6) is 0 Å². The third-order valence-corrected chi connectivity index (χ3v) is 5.13. The van der Waals surface area contributed by atoms with Crippen LogP contribution in [0.4, 0.5) is 0 Å². The molecule has 0 aromatic carbocycles. The minimum atomic E-state index is -0.629. The first-order chi connectivity index (χ1) is 10.0. The fourth-order valence-corrected chi connectivity index (χ4v) is 3.66. The van der Waals surface area contributed by atoms with Gasteiger partial charge < -0.3 is 15.5 Å². The fourth-order valence-electron chi connectivity index (χ4n) is 3.66. The van der Waals surface area contributed by atoms with Crippen molar-refractivity contribution in [3.8, 4) is 0 Å². The minimum Gasteiger partial charge on any atom is -0.343 e. The summed E-state index contributed by atoms with van der Waals surface area (Å²) < 4.78 is 0. The Hall–Kier alpha value is -1.10. The Morgan fingerprint density at radius 2 is 1.67 bits per heavy atom. The van der Waals surface area contributed by atoms with Crippen molar-refractivity contribution in [3.05, 3.63) is 0 Å². The third-order valence-electron chi connectivity index (χ3n) is 5.13. The highest BCUT2D eigenvalue weighted by Gasteiger charge is 2.41. The van der Waals surface area contributed by atoms with E-state index in [1.54, 1.807) is 0 Å². The number of amides is 2. The third kappa shape index (κ3) is 3.39. The Morgan fingerprint density at radius 1 is 1.14 bits per heavy atom. The molecule has 0 aromatic heterocycles. The first kappa shape index (κ1) is 16.3. The van der Waals surface area contributed by atoms with E-state index in [1.807, 2.05) is 23.6 Å². The van der Waals surface area contributed by atoms with Crippen molar-refractivity contribution in [1.82, 2.24) is 9.80 Å². The number of piperidine rings is 1. The van der Waals surface area contributed by atoms with Gasteiger partial charge in [-0.1, -0.05) is 12.8 Å². The number of hydrogen-bond donors (Lipinski definition) is 1. The van der Waals surface area contributed by atoms with Crippen LogP contribution in [0.25, 0.3) is 0 Å². The highest BCUT2D eigenvalue weighted by atomic mass is 16.2. The number of nitrogens with two attached hydrogens (primary N) is 1. The van der Waals surface area contributed by atoms with Gasteiger partial charge in [-0.25, -0.2) is 0 Å². The van der Waals surface area contributed by atoms with Gasteiger partial charge in [0.05, 0.1) is 5.54 Å². The Morgan fingerprint density at radius 3 is 2.14 bits per heavy atom.